The Balaban J connectivity index is 2.04. The summed E-state index contributed by atoms with van der Waals surface area (Å²) in [5, 5.41) is 3.47. The lowest BCUT2D eigenvalue weighted by Crippen LogP contribution is -2.26. The van der Waals surface area contributed by atoms with Gasteiger partial charge < -0.3 is 10.2 Å². The van der Waals surface area contributed by atoms with Crippen molar-refractivity contribution in [2.45, 2.75) is 53.6 Å². The van der Waals surface area contributed by atoms with Crippen molar-refractivity contribution in [2.75, 3.05) is 18.0 Å². The van der Waals surface area contributed by atoms with Crippen LogP contribution in [0.1, 0.15) is 46.6 Å². The lowest BCUT2D eigenvalue weighted by Gasteiger charge is -2.27. The highest BCUT2D eigenvalue weighted by molar-refractivity contribution is 9.10. The summed E-state index contributed by atoms with van der Waals surface area (Å²) in [5.41, 5.74) is 3.09. The van der Waals surface area contributed by atoms with E-state index in [1.807, 2.05) is 0 Å². The maximum atomic E-state index is 3.73. The molecule has 0 saturated carbocycles. The summed E-state index contributed by atoms with van der Waals surface area (Å²) in [4.78, 5) is 2.53. The van der Waals surface area contributed by atoms with E-state index in [2.05, 4.69) is 79.0 Å². The smallest absolute Gasteiger partial charge is 0.0377 e. The molecular weight excluding hydrogens is 324 g/mol. The summed E-state index contributed by atoms with van der Waals surface area (Å²) in [5.74, 6) is 0.790. The van der Waals surface area contributed by atoms with Crippen molar-refractivity contribution >= 4 is 21.6 Å². The van der Waals surface area contributed by atoms with Crippen molar-refractivity contribution in [2.24, 2.45) is 11.3 Å². The van der Waals surface area contributed by atoms with Gasteiger partial charge in [0.2, 0.25) is 0 Å². The minimum Gasteiger partial charge on any atom is -0.371 e. The fraction of sp³-hybridized carbons (Fsp3) is 0.667. The SMILES string of the molecule is CC(C)NCc1ccc(N2CCC(C(C)(C)C)C2)cc1Br. The molecule has 1 aromatic carbocycles. The van der Waals surface area contributed by atoms with E-state index in [0.29, 0.717) is 11.5 Å². The lowest BCUT2D eigenvalue weighted by molar-refractivity contribution is 0.263. The maximum Gasteiger partial charge on any atom is 0.0377 e. The van der Waals surface area contributed by atoms with E-state index in [4.69, 9.17) is 0 Å². The molecule has 118 valence electrons. The molecule has 0 bridgehead atoms. The normalized spacial score (nSPS) is 19.6. The Labute approximate surface area is 138 Å². The zero-order valence-corrected chi connectivity index (χ0v) is 15.6. The van der Waals surface area contributed by atoms with Crippen LogP contribution < -0.4 is 10.2 Å². The third-order valence-electron chi connectivity index (χ3n) is 4.52. The largest absolute Gasteiger partial charge is 0.371 e. The fourth-order valence-electron chi connectivity index (χ4n) is 2.89. The molecule has 0 radical (unpaired) electrons. The first-order valence-corrected chi connectivity index (χ1v) is 8.83. The van der Waals surface area contributed by atoms with E-state index in [-0.39, 0.29) is 0 Å². The molecule has 1 aliphatic heterocycles. The van der Waals surface area contributed by atoms with Crippen molar-refractivity contribution in [3.63, 3.8) is 0 Å². The average molecular weight is 353 g/mol. The van der Waals surface area contributed by atoms with Gasteiger partial charge in [-0.2, -0.15) is 0 Å². The minimum atomic E-state index is 0.410. The molecular formula is C18H29BrN2. The number of nitrogens with one attached hydrogen (secondary N) is 1. The molecule has 21 heavy (non-hydrogen) atoms. The molecule has 1 N–H and O–H groups in total. The van der Waals surface area contributed by atoms with Gasteiger partial charge >= 0.3 is 0 Å². The molecule has 3 heteroatoms. The Morgan fingerprint density at radius 3 is 2.57 bits per heavy atom. The van der Waals surface area contributed by atoms with Crippen LogP contribution in [-0.2, 0) is 6.54 Å². The highest BCUT2D eigenvalue weighted by Crippen LogP contribution is 2.36. The number of hydrogen-bond acceptors (Lipinski definition) is 2. The van der Waals surface area contributed by atoms with Gasteiger partial charge in [0.25, 0.3) is 0 Å². The van der Waals surface area contributed by atoms with Gasteiger partial charge in [-0.25, -0.2) is 0 Å². The second kappa shape index (κ2) is 6.70. The summed E-state index contributed by atoms with van der Waals surface area (Å²) in [6.45, 7) is 14.7. The minimum absolute atomic E-state index is 0.410. The second-order valence-corrected chi connectivity index (χ2v) is 8.46. The first-order valence-electron chi connectivity index (χ1n) is 8.04. The molecule has 2 rings (SSSR count). The summed E-state index contributed by atoms with van der Waals surface area (Å²) in [6.07, 6.45) is 1.30. The third-order valence-corrected chi connectivity index (χ3v) is 5.25. The van der Waals surface area contributed by atoms with Crippen LogP contribution in [0.2, 0.25) is 0 Å². The highest BCUT2D eigenvalue weighted by atomic mass is 79.9. The van der Waals surface area contributed by atoms with Crippen LogP contribution >= 0.6 is 15.9 Å². The van der Waals surface area contributed by atoms with E-state index >= 15 is 0 Å². The molecule has 0 spiro atoms. The Morgan fingerprint density at radius 1 is 1.33 bits per heavy atom. The molecule has 0 aliphatic carbocycles. The molecule has 1 atom stereocenters. The van der Waals surface area contributed by atoms with E-state index in [9.17, 15) is 0 Å². The first kappa shape index (κ1) is 16.8. The Morgan fingerprint density at radius 2 is 2.05 bits per heavy atom. The van der Waals surface area contributed by atoms with Crippen LogP contribution in [0.25, 0.3) is 0 Å². The van der Waals surface area contributed by atoms with E-state index in [1.54, 1.807) is 0 Å². The van der Waals surface area contributed by atoms with Crippen LogP contribution in [0, 0.1) is 11.3 Å². The van der Waals surface area contributed by atoms with Crippen LogP contribution in [0.4, 0.5) is 5.69 Å². The lowest BCUT2D eigenvalue weighted by atomic mass is 9.80. The van der Waals surface area contributed by atoms with Crippen LogP contribution in [0.15, 0.2) is 22.7 Å². The maximum absolute atomic E-state index is 3.73. The van der Waals surface area contributed by atoms with Gasteiger partial charge in [-0.1, -0.05) is 56.6 Å². The van der Waals surface area contributed by atoms with Gasteiger partial charge in [-0.3, -0.25) is 0 Å². The van der Waals surface area contributed by atoms with Crippen molar-refractivity contribution in [3.8, 4) is 0 Å². The van der Waals surface area contributed by atoms with Gasteiger partial charge in [0.05, 0.1) is 0 Å². The number of rotatable bonds is 4. The van der Waals surface area contributed by atoms with Gasteiger partial charge in [-0.15, -0.1) is 0 Å². The summed E-state index contributed by atoms with van der Waals surface area (Å²) in [6, 6.07) is 7.32. The van der Waals surface area contributed by atoms with Crippen LogP contribution in [-0.4, -0.2) is 19.1 Å². The predicted molar refractivity (Wildman–Crippen MR) is 95.9 cm³/mol. The van der Waals surface area contributed by atoms with Crippen molar-refractivity contribution < 1.29 is 0 Å². The monoisotopic (exact) mass is 352 g/mol. The molecule has 1 fully saturated rings. The Hall–Kier alpha value is -0.540. The second-order valence-electron chi connectivity index (χ2n) is 7.61. The standard InChI is InChI=1S/C18H29BrN2/c1-13(2)20-11-14-6-7-16(10-17(14)19)21-9-8-15(12-21)18(3,4)5/h6-7,10,13,15,20H,8-9,11-12H2,1-5H3. The molecule has 2 nitrogen and oxygen atoms in total. The molecule has 1 aliphatic rings. The number of halogens is 1. The van der Waals surface area contributed by atoms with Gasteiger partial charge in [0, 0.05) is 35.8 Å². The molecule has 0 amide bonds. The van der Waals surface area contributed by atoms with Crippen LogP contribution in [0.3, 0.4) is 0 Å². The van der Waals surface area contributed by atoms with Gasteiger partial charge in [-0.05, 0) is 35.4 Å². The number of anilines is 1. The summed E-state index contributed by atoms with van der Waals surface area (Å²) in [7, 11) is 0. The Bertz CT molecular complexity index is 477. The predicted octanol–water partition coefficient (Wildman–Crippen LogP) is 4.82. The molecule has 1 heterocycles. The van der Waals surface area contributed by atoms with Gasteiger partial charge in [0.15, 0.2) is 0 Å². The Kier molecular flexibility index (Phi) is 5.37. The average Bonchev–Trinajstić information content (AvgIpc) is 2.86. The molecule has 0 aromatic heterocycles. The first-order chi connectivity index (χ1) is 9.77. The number of nitrogens with zero attached hydrogens (tertiary/aromatic N) is 1. The zero-order valence-electron chi connectivity index (χ0n) is 14.0. The zero-order chi connectivity index (χ0) is 15.6. The number of hydrogen-bond donors (Lipinski definition) is 1. The van der Waals surface area contributed by atoms with Crippen molar-refractivity contribution in [1.82, 2.24) is 5.32 Å². The molecule has 1 unspecified atom stereocenters. The quantitative estimate of drug-likeness (QED) is 0.835. The fourth-order valence-corrected chi connectivity index (χ4v) is 3.40. The van der Waals surface area contributed by atoms with E-state index in [0.717, 1.165) is 12.5 Å². The summed E-state index contributed by atoms with van der Waals surface area (Å²) >= 11 is 3.73. The van der Waals surface area contributed by atoms with Crippen molar-refractivity contribution in [3.05, 3.63) is 28.2 Å². The molecule has 1 aromatic rings. The van der Waals surface area contributed by atoms with Crippen LogP contribution in [0.5, 0.6) is 0 Å². The van der Waals surface area contributed by atoms with E-state index < -0.39 is 0 Å². The van der Waals surface area contributed by atoms with Crippen molar-refractivity contribution in [1.29, 1.82) is 0 Å². The van der Waals surface area contributed by atoms with E-state index in [1.165, 1.54) is 35.2 Å². The molecule has 1 saturated heterocycles. The number of benzene rings is 1. The third kappa shape index (κ3) is 4.46. The van der Waals surface area contributed by atoms with Gasteiger partial charge in [0.1, 0.15) is 0 Å². The summed E-state index contributed by atoms with van der Waals surface area (Å²) < 4.78 is 1.22. The topological polar surface area (TPSA) is 15.3 Å². The highest BCUT2D eigenvalue weighted by Gasteiger charge is 2.31.